The highest BCUT2D eigenvalue weighted by Gasteiger charge is 2.09. The molecule has 0 saturated carbocycles. The Morgan fingerprint density at radius 3 is 2.62 bits per heavy atom. The molecule has 0 bridgehead atoms. The molecule has 0 amide bonds. The van der Waals surface area contributed by atoms with Gasteiger partial charge in [-0.1, -0.05) is 17.8 Å². The minimum Gasteiger partial charge on any atom is -0.377 e. The van der Waals surface area contributed by atoms with E-state index in [-0.39, 0.29) is 12.2 Å². The maximum absolute atomic E-state index is 13.3. The molecule has 0 spiro atoms. The molecule has 114 valence electrons. The van der Waals surface area contributed by atoms with Crippen LogP contribution in [0.1, 0.15) is 24.8 Å². The Morgan fingerprint density at radius 1 is 1.19 bits per heavy atom. The number of ether oxygens (including phenoxy) is 1. The van der Waals surface area contributed by atoms with Crippen LogP contribution in [0.15, 0.2) is 28.4 Å². The Morgan fingerprint density at radius 2 is 1.95 bits per heavy atom. The van der Waals surface area contributed by atoms with Crippen LogP contribution in [0.3, 0.4) is 0 Å². The van der Waals surface area contributed by atoms with Crippen molar-refractivity contribution >= 4 is 22.6 Å². The molecule has 2 rings (SSSR count). The summed E-state index contributed by atoms with van der Waals surface area (Å²) in [5, 5.41) is 8.33. The van der Waals surface area contributed by atoms with Gasteiger partial charge in [-0.05, 0) is 31.4 Å². The quantitative estimate of drug-likeness (QED) is 0.787. The Kier molecular flexibility index (Phi) is 6.13. The van der Waals surface area contributed by atoms with Crippen molar-refractivity contribution in [1.82, 2.24) is 0 Å². The van der Waals surface area contributed by atoms with Gasteiger partial charge in [-0.2, -0.15) is 5.10 Å². The molecule has 0 saturated heterocycles. The van der Waals surface area contributed by atoms with Gasteiger partial charge in [0.2, 0.25) is 0 Å². The highest BCUT2D eigenvalue weighted by atomic mass is 32.2. The maximum atomic E-state index is 13.3. The molecular weight excluding hydrogens is 296 g/mol. The van der Waals surface area contributed by atoms with E-state index in [9.17, 15) is 8.78 Å². The first-order valence-corrected chi connectivity index (χ1v) is 7.67. The minimum atomic E-state index is -0.570. The average Bonchev–Trinajstić information content (AvgIpc) is 2.47. The van der Waals surface area contributed by atoms with Gasteiger partial charge in [-0.25, -0.2) is 8.78 Å². The zero-order valence-corrected chi connectivity index (χ0v) is 12.3. The van der Waals surface area contributed by atoms with Crippen LogP contribution in [-0.4, -0.2) is 23.2 Å². The third-order valence-electron chi connectivity index (χ3n) is 2.99. The highest BCUT2D eigenvalue weighted by molar-refractivity contribution is 8.14. The van der Waals surface area contributed by atoms with E-state index in [0.29, 0.717) is 11.8 Å². The molecule has 21 heavy (non-hydrogen) atoms. The second-order valence-electron chi connectivity index (χ2n) is 4.60. The summed E-state index contributed by atoms with van der Waals surface area (Å²) in [7, 11) is 0. The number of hydrogen-bond donors (Lipinski definition) is 1. The lowest BCUT2D eigenvalue weighted by atomic mass is 10.2. The minimum absolute atomic E-state index is 0.0182. The summed E-state index contributed by atoms with van der Waals surface area (Å²) in [5.74, 6) is -0.366. The largest absolute Gasteiger partial charge is 0.377 e. The van der Waals surface area contributed by atoms with Crippen LogP contribution in [0.5, 0.6) is 0 Å². The Balaban J connectivity index is 1.62. The first kappa shape index (κ1) is 15.9. The number of unbranched alkanes of at least 4 members (excludes halogenated alkanes) is 1. The number of benzene rings is 1. The van der Waals surface area contributed by atoms with Gasteiger partial charge in [-0.15, -0.1) is 5.10 Å². The van der Waals surface area contributed by atoms with Crippen molar-refractivity contribution in [2.24, 2.45) is 15.9 Å². The first-order valence-electron chi connectivity index (χ1n) is 6.69. The molecular formula is C14H17F2N3OS. The van der Waals surface area contributed by atoms with Gasteiger partial charge in [0.25, 0.3) is 0 Å². The van der Waals surface area contributed by atoms with Crippen molar-refractivity contribution in [1.29, 1.82) is 0 Å². The van der Waals surface area contributed by atoms with Gasteiger partial charge >= 0.3 is 0 Å². The Hall–Kier alpha value is -1.47. The predicted molar refractivity (Wildman–Crippen MR) is 81.4 cm³/mol. The van der Waals surface area contributed by atoms with Gasteiger partial charge in [0.05, 0.1) is 12.3 Å². The van der Waals surface area contributed by atoms with Crippen LogP contribution in [0.25, 0.3) is 0 Å². The van der Waals surface area contributed by atoms with E-state index in [1.54, 1.807) is 0 Å². The van der Waals surface area contributed by atoms with Crippen LogP contribution in [0.2, 0.25) is 0 Å². The summed E-state index contributed by atoms with van der Waals surface area (Å²) < 4.78 is 32.0. The predicted octanol–water partition coefficient (Wildman–Crippen LogP) is 3.07. The van der Waals surface area contributed by atoms with Crippen LogP contribution in [0.4, 0.5) is 8.78 Å². The van der Waals surface area contributed by atoms with Crippen molar-refractivity contribution in [2.45, 2.75) is 25.9 Å². The molecule has 0 aliphatic carbocycles. The molecule has 1 aliphatic rings. The molecule has 4 nitrogen and oxygen atoms in total. The SMILES string of the molecule is NC1=NN=C(CCCCOCc2c(F)cccc2F)CS1. The number of hydrogen-bond acceptors (Lipinski definition) is 5. The molecule has 0 unspecified atom stereocenters. The number of thioether (sulfide) groups is 1. The van der Waals surface area contributed by atoms with Crippen molar-refractivity contribution in [3.05, 3.63) is 35.4 Å². The second kappa shape index (κ2) is 8.09. The Labute approximate surface area is 126 Å². The van der Waals surface area contributed by atoms with Crippen molar-refractivity contribution in [3.63, 3.8) is 0 Å². The fourth-order valence-corrected chi connectivity index (χ4v) is 2.45. The van der Waals surface area contributed by atoms with Crippen LogP contribution >= 0.6 is 11.8 Å². The summed E-state index contributed by atoms with van der Waals surface area (Å²) >= 11 is 1.48. The zero-order valence-electron chi connectivity index (χ0n) is 11.5. The monoisotopic (exact) mass is 313 g/mol. The fourth-order valence-electron chi connectivity index (χ4n) is 1.83. The third kappa shape index (κ3) is 5.09. The number of nitrogens with two attached hydrogens (primary N) is 1. The Bertz CT molecular complexity index is 529. The molecule has 1 aromatic rings. The van der Waals surface area contributed by atoms with E-state index in [1.807, 2.05) is 0 Å². The van der Waals surface area contributed by atoms with Crippen molar-refractivity contribution in [2.75, 3.05) is 12.4 Å². The van der Waals surface area contributed by atoms with E-state index in [0.717, 1.165) is 30.7 Å². The normalized spacial score (nSPS) is 14.8. The van der Waals surface area contributed by atoms with Gasteiger partial charge in [0, 0.05) is 17.9 Å². The number of rotatable bonds is 7. The standard InChI is InChI=1S/C14H17F2N3OS/c15-12-5-3-6-13(16)11(12)8-20-7-2-1-4-10-9-21-14(17)19-18-10/h3,5-6H,1-2,4,7-9H2,(H2,17,19). The maximum Gasteiger partial charge on any atom is 0.180 e. The lowest BCUT2D eigenvalue weighted by Crippen LogP contribution is -2.15. The molecule has 7 heteroatoms. The van der Waals surface area contributed by atoms with E-state index in [4.69, 9.17) is 10.5 Å². The molecule has 1 aromatic carbocycles. The van der Waals surface area contributed by atoms with Gasteiger partial charge in [0.15, 0.2) is 5.17 Å². The van der Waals surface area contributed by atoms with Crippen LogP contribution in [-0.2, 0) is 11.3 Å². The lowest BCUT2D eigenvalue weighted by molar-refractivity contribution is 0.112. The van der Waals surface area contributed by atoms with E-state index >= 15 is 0 Å². The molecule has 2 N–H and O–H groups in total. The van der Waals surface area contributed by atoms with Gasteiger partial charge in [-0.3, -0.25) is 0 Å². The lowest BCUT2D eigenvalue weighted by Gasteiger charge is -2.09. The van der Waals surface area contributed by atoms with E-state index < -0.39 is 11.6 Å². The smallest absolute Gasteiger partial charge is 0.180 e. The highest BCUT2D eigenvalue weighted by Crippen LogP contribution is 2.14. The molecule has 1 heterocycles. The van der Waals surface area contributed by atoms with Crippen LogP contribution < -0.4 is 5.73 Å². The topological polar surface area (TPSA) is 60.0 Å². The summed E-state index contributed by atoms with van der Waals surface area (Å²) in [6.45, 7) is 0.412. The summed E-state index contributed by atoms with van der Waals surface area (Å²) in [4.78, 5) is 0. The van der Waals surface area contributed by atoms with Crippen molar-refractivity contribution in [3.8, 4) is 0 Å². The summed E-state index contributed by atoms with van der Waals surface area (Å²) in [5.41, 5.74) is 6.49. The number of nitrogens with zero attached hydrogens (tertiary/aromatic N) is 2. The summed E-state index contributed by atoms with van der Waals surface area (Å²) in [6, 6.07) is 3.80. The van der Waals surface area contributed by atoms with Crippen LogP contribution in [0, 0.1) is 11.6 Å². The first-order chi connectivity index (χ1) is 10.2. The average molecular weight is 313 g/mol. The number of halogens is 2. The number of amidine groups is 1. The molecule has 0 fully saturated rings. The van der Waals surface area contributed by atoms with Gasteiger partial charge < -0.3 is 10.5 Å². The molecule has 0 aromatic heterocycles. The molecule has 1 aliphatic heterocycles. The zero-order chi connectivity index (χ0) is 15.1. The van der Waals surface area contributed by atoms with Gasteiger partial charge in [0.1, 0.15) is 11.6 Å². The van der Waals surface area contributed by atoms with E-state index in [1.165, 1.54) is 30.0 Å². The van der Waals surface area contributed by atoms with E-state index in [2.05, 4.69) is 10.2 Å². The molecule has 0 radical (unpaired) electrons. The van der Waals surface area contributed by atoms with Crippen molar-refractivity contribution < 1.29 is 13.5 Å². The molecule has 0 atom stereocenters. The summed E-state index contributed by atoms with van der Waals surface area (Å²) in [6.07, 6.45) is 2.54. The third-order valence-corrected chi connectivity index (χ3v) is 3.84. The fraction of sp³-hybridized carbons (Fsp3) is 0.429. The second-order valence-corrected chi connectivity index (χ2v) is 5.60.